The molecule has 38 heavy (non-hydrogen) atoms. The molecular weight excluding hydrogens is 484 g/mol. The van der Waals surface area contributed by atoms with Crippen LogP contribution in [0.4, 0.5) is 4.79 Å². The van der Waals surface area contributed by atoms with Gasteiger partial charge in [-0.1, -0.05) is 32.8 Å². The van der Waals surface area contributed by atoms with Crippen molar-refractivity contribution in [3.05, 3.63) is 53.6 Å². The third-order valence-corrected chi connectivity index (χ3v) is 8.17. The van der Waals surface area contributed by atoms with E-state index in [2.05, 4.69) is 13.8 Å². The second kappa shape index (κ2) is 12.1. The van der Waals surface area contributed by atoms with Gasteiger partial charge < -0.3 is 19.3 Å². The van der Waals surface area contributed by atoms with E-state index in [1.54, 1.807) is 7.11 Å². The van der Waals surface area contributed by atoms with Gasteiger partial charge in [-0.25, -0.2) is 9.28 Å². The zero-order valence-electron chi connectivity index (χ0n) is 23.0. The minimum Gasteiger partial charge on any atom is -0.497 e. The Morgan fingerprint density at radius 2 is 1.61 bits per heavy atom. The van der Waals surface area contributed by atoms with Crippen LogP contribution in [0, 0.1) is 5.92 Å². The molecule has 2 heterocycles. The van der Waals surface area contributed by atoms with Crippen LogP contribution in [-0.4, -0.2) is 66.6 Å². The van der Waals surface area contributed by atoms with Crippen molar-refractivity contribution in [2.45, 2.75) is 58.4 Å². The number of likely N-dealkylation sites (tertiary alicyclic amines) is 1. The number of fused-ring (bicyclic) bond motifs is 1. The highest BCUT2D eigenvalue weighted by atomic mass is 16.7. The number of unbranched alkanes of at least 4 members (excludes halogenated alkanes) is 2. The average molecular weight is 526 g/mol. The zero-order chi connectivity index (χ0) is 27.3. The summed E-state index contributed by atoms with van der Waals surface area (Å²) in [5, 5.41) is 10.7. The Bertz CT molecular complexity index is 1110. The Morgan fingerprint density at radius 1 is 0.974 bits per heavy atom. The van der Waals surface area contributed by atoms with Gasteiger partial charge in [0.25, 0.3) is 0 Å². The number of methoxy groups -OCH3 is 1. The zero-order valence-corrected chi connectivity index (χ0v) is 23.0. The molecule has 0 aromatic heterocycles. The van der Waals surface area contributed by atoms with Gasteiger partial charge in [-0.2, -0.15) is 0 Å². The van der Waals surface area contributed by atoms with E-state index < -0.39 is 17.9 Å². The van der Waals surface area contributed by atoms with Crippen molar-refractivity contribution in [3.8, 4) is 17.2 Å². The fraction of sp³-hybridized carbons (Fsp3) is 0.533. The van der Waals surface area contributed by atoms with Crippen molar-refractivity contribution in [1.29, 1.82) is 0 Å². The number of carbonyl (C=O) groups is 2. The highest BCUT2D eigenvalue weighted by molar-refractivity contribution is 5.76. The molecular formula is C30H41N2O6+. The summed E-state index contributed by atoms with van der Waals surface area (Å²) in [7, 11) is 1.61. The number of aliphatic carboxylic acids is 1. The quantitative estimate of drug-likeness (QED) is 0.372. The third-order valence-electron chi connectivity index (χ3n) is 8.17. The molecule has 4 rings (SSSR count). The van der Waals surface area contributed by atoms with E-state index in [9.17, 15) is 14.7 Å². The van der Waals surface area contributed by atoms with Gasteiger partial charge in [0.2, 0.25) is 6.79 Å². The van der Waals surface area contributed by atoms with E-state index in [0.29, 0.717) is 43.4 Å². The van der Waals surface area contributed by atoms with E-state index >= 15 is 0 Å². The lowest BCUT2D eigenvalue weighted by atomic mass is 9.82. The summed E-state index contributed by atoms with van der Waals surface area (Å²) in [6.45, 7) is 8.66. The number of benzene rings is 2. The molecule has 2 aliphatic heterocycles. The Hall–Kier alpha value is -3.26. The first kappa shape index (κ1) is 27.8. The SMILES string of the molecule is CCCCN(CCCC)C(=O)[N@@+]1(CC)C[C@H](c2ccc3c(c2)OCO3)[C@@H](C(=O)O)[C@H]1c1ccc(OC)cc1. The molecule has 0 radical (unpaired) electrons. The van der Waals surface area contributed by atoms with Gasteiger partial charge >= 0.3 is 12.0 Å². The molecule has 0 aliphatic carbocycles. The Labute approximate surface area is 225 Å². The highest BCUT2D eigenvalue weighted by Crippen LogP contribution is 2.52. The van der Waals surface area contributed by atoms with Gasteiger partial charge in [-0.3, -0.25) is 9.69 Å². The molecule has 4 atom stereocenters. The number of likely N-dealkylation sites (N-methyl/N-ethyl adjacent to an activating group) is 1. The summed E-state index contributed by atoms with van der Waals surface area (Å²) < 4.78 is 16.5. The van der Waals surface area contributed by atoms with Crippen molar-refractivity contribution in [3.63, 3.8) is 0 Å². The van der Waals surface area contributed by atoms with Crippen molar-refractivity contribution in [2.75, 3.05) is 40.1 Å². The van der Waals surface area contributed by atoms with E-state index in [-0.39, 0.29) is 23.2 Å². The topological polar surface area (TPSA) is 85.3 Å². The Balaban J connectivity index is 1.84. The molecule has 206 valence electrons. The van der Waals surface area contributed by atoms with E-state index in [1.165, 1.54) is 0 Å². The molecule has 1 fully saturated rings. The van der Waals surface area contributed by atoms with Crippen molar-refractivity contribution in [2.24, 2.45) is 5.92 Å². The second-order valence-electron chi connectivity index (χ2n) is 10.3. The number of nitrogens with zero attached hydrogens (tertiary/aromatic N) is 2. The van der Waals surface area contributed by atoms with Crippen LogP contribution in [0.3, 0.4) is 0 Å². The minimum absolute atomic E-state index is 0.0183. The van der Waals surface area contributed by atoms with Crippen LogP contribution in [0.25, 0.3) is 0 Å². The number of rotatable bonds is 11. The van der Waals surface area contributed by atoms with Gasteiger partial charge in [0.15, 0.2) is 11.5 Å². The standard InChI is InChI=1S/C30H40N2O6/c1-5-8-16-31(17-9-6-2)30(35)32(7-3)19-24(22-12-15-25-26(18-22)38-20-37-25)27(29(33)34)28(32)21-10-13-23(36-4)14-11-21/h10-15,18,24,27-28H,5-9,16-17,19-20H2,1-4H3/p+1/t24-,27-,28-,32+/m1/s1. The molecule has 8 heteroatoms. The molecule has 0 spiro atoms. The first-order chi connectivity index (χ1) is 18.4. The number of hydrogen-bond donors (Lipinski definition) is 1. The minimum atomic E-state index is -0.900. The summed E-state index contributed by atoms with van der Waals surface area (Å²) in [6, 6.07) is 12.7. The molecule has 0 saturated carbocycles. The molecule has 0 unspecified atom stereocenters. The van der Waals surface area contributed by atoms with Crippen LogP contribution in [0.1, 0.15) is 69.5 Å². The number of carboxylic acid groups (broad SMARTS) is 1. The summed E-state index contributed by atoms with van der Waals surface area (Å²) in [5.41, 5.74) is 1.69. The number of amides is 2. The number of quaternary nitrogens is 1. The predicted molar refractivity (Wildman–Crippen MR) is 145 cm³/mol. The molecule has 0 bridgehead atoms. The van der Waals surface area contributed by atoms with E-state index in [4.69, 9.17) is 14.2 Å². The Morgan fingerprint density at radius 3 is 2.18 bits per heavy atom. The van der Waals surface area contributed by atoms with Gasteiger partial charge in [-0.15, -0.1) is 0 Å². The number of ether oxygens (including phenoxy) is 3. The van der Waals surface area contributed by atoms with Gasteiger partial charge in [0.1, 0.15) is 17.7 Å². The normalized spacial score (nSPS) is 23.8. The third kappa shape index (κ3) is 5.19. The molecule has 2 aliphatic rings. The van der Waals surface area contributed by atoms with Crippen molar-refractivity contribution in [1.82, 2.24) is 4.90 Å². The fourth-order valence-corrected chi connectivity index (χ4v) is 6.10. The Kier molecular flexibility index (Phi) is 8.82. The van der Waals surface area contributed by atoms with Crippen molar-refractivity contribution < 1.29 is 33.4 Å². The number of carboxylic acids is 1. The van der Waals surface area contributed by atoms with E-state index in [1.807, 2.05) is 54.3 Å². The smallest absolute Gasteiger partial charge is 0.419 e. The van der Waals surface area contributed by atoms with Gasteiger partial charge in [-0.05, 0) is 61.7 Å². The lowest BCUT2D eigenvalue weighted by molar-refractivity contribution is -0.872. The summed E-state index contributed by atoms with van der Waals surface area (Å²) in [5.74, 6) is -0.109. The summed E-state index contributed by atoms with van der Waals surface area (Å²) >= 11 is 0. The maximum atomic E-state index is 14.6. The van der Waals surface area contributed by atoms with Crippen LogP contribution < -0.4 is 14.2 Å². The summed E-state index contributed by atoms with van der Waals surface area (Å²) in [6.07, 6.45) is 3.81. The molecule has 2 aromatic rings. The number of carbonyl (C=O) groups excluding carboxylic acids is 1. The first-order valence-corrected chi connectivity index (χ1v) is 13.8. The second-order valence-corrected chi connectivity index (χ2v) is 10.3. The van der Waals surface area contributed by atoms with E-state index in [0.717, 1.165) is 36.8 Å². The largest absolute Gasteiger partial charge is 0.497 e. The average Bonchev–Trinajstić information content (AvgIpc) is 3.55. The lowest BCUT2D eigenvalue weighted by Gasteiger charge is -2.40. The van der Waals surface area contributed by atoms with Crippen LogP contribution in [-0.2, 0) is 4.79 Å². The predicted octanol–water partition coefficient (Wildman–Crippen LogP) is 5.82. The maximum Gasteiger partial charge on any atom is 0.419 e. The van der Waals surface area contributed by atoms with Crippen LogP contribution in [0.2, 0.25) is 0 Å². The molecule has 2 aromatic carbocycles. The fourth-order valence-electron chi connectivity index (χ4n) is 6.10. The van der Waals surface area contributed by atoms with Crippen molar-refractivity contribution >= 4 is 12.0 Å². The molecule has 1 saturated heterocycles. The van der Waals surface area contributed by atoms with Crippen LogP contribution in [0.15, 0.2) is 42.5 Å². The summed E-state index contributed by atoms with van der Waals surface area (Å²) in [4.78, 5) is 29.6. The van der Waals surface area contributed by atoms with Crippen LogP contribution >= 0.6 is 0 Å². The molecule has 2 amide bonds. The molecule has 1 N–H and O–H groups in total. The van der Waals surface area contributed by atoms with Gasteiger partial charge in [0.05, 0.1) is 26.1 Å². The monoisotopic (exact) mass is 525 g/mol. The highest BCUT2D eigenvalue weighted by Gasteiger charge is 2.62. The van der Waals surface area contributed by atoms with Crippen LogP contribution in [0.5, 0.6) is 17.2 Å². The van der Waals surface area contributed by atoms with Gasteiger partial charge in [0, 0.05) is 18.7 Å². The number of urea groups is 1. The maximum absolute atomic E-state index is 14.6. The first-order valence-electron chi connectivity index (χ1n) is 13.8. The molecule has 8 nitrogen and oxygen atoms in total. The number of hydrogen-bond acceptors (Lipinski definition) is 5. The lowest BCUT2D eigenvalue weighted by Crippen LogP contribution is -2.59.